The van der Waals surface area contributed by atoms with Crippen LogP contribution >= 0.6 is 11.6 Å². The van der Waals surface area contributed by atoms with Crippen molar-refractivity contribution < 1.29 is 13.2 Å². The molecule has 1 nitrogen and oxygen atoms in total. The van der Waals surface area contributed by atoms with Crippen molar-refractivity contribution >= 4 is 17.3 Å². The minimum absolute atomic E-state index is 0.0435. The molecule has 0 spiro atoms. The summed E-state index contributed by atoms with van der Waals surface area (Å²) in [5, 5.41) is 3.68. The first-order chi connectivity index (χ1) is 12.8. The largest absolute Gasteiger partial charge is 0.416 e. The van der Waals surface area contributed by atoms with Crippen molar-refractivity contribution in [1.29, 1.82) is 0 Å². The summed E-state index contributed by atoms with van der Waals surface area (Å²) in [4.78, 5) is 0. The molecule has 0 aromatic heterocycles. The number of halogens is 4. The number of anilines is 1. The maximum absolute atomic E-state index is 13.6. The molecular formula is C22H21ClF3N. The van der Waals surface area contributed by atoms with Gasteiger partial charge >= 0.3 is 6.18 Å². The molecule has 3 atom stereocenters. The molecule has 0 bridgehead atoms. The van der Waals surface area contributed by atoms with E-state index in [-0.39, 0.29) is 23.4 Å². The summed E-state index contributed by atoms with van der Waals surface area (Å²) in [6.07, 6.45) is 0.245. The Morgan fingerprint density at radius 1 is 1.07 bits per heavy atom. The molecule has 1 aliphatic heterocycles. The fraction of sp³-hybridized carbons (Fsp3) is 0.364. The average molecular weight is 392 g/mol. The van der Waals surface area contributed by atoms with E-state index in [0.29, 0.717) is 16.6 Å². The Kier molecular flexibility index (Phi) is 4.50. The van der Waals surface area contributed by atoms with Crippen molar-refractivity contribution in [2.24, 2.45) is 5.92 Å². The predicted octanol–water partition coefficient (Wildman–Crippen LogP) is 7.31. The van der Waals surface area contributed by atoms with Gasteiger partial charge < -0.3 is 5.32 Å². The highest BCUT2D eigenvalue weighted by Gasteiger charge is 2.44. The average Bonchev–Trinajstić information content (AvgIpc) is 3.10. The minimum Gasteiger partial charge on any atom is -0.376 e. The van der Waals surface area contributed by atoms with E-state index < -0.39 is 11.7 Å². The first kappa shape index (κ1) is 18.4. The van der Waals surface area contributed by atoms with Crippen LogP contribution in [0.15, 0.2) is 48.6 Å². The zero-order valence-electron chi connectivity index (χ0n) is 15.1. The van der Waals surface area contributed by atoms with Crippen LogP contribution in [-0.4, -0.2) is 0 Å². The summed E-state index contributed by atoms with van der Waals surface area (Å²) in [7, 11) is 0. The third-order valence-electron chi connectivity index (χ3n) is 5.74. The molecule has 4 rings (SSSR count). The van der Waals surface area contributed by atoms with Crippen molar-refractivity contribution in [1.82, 2.24) is 0 Å². The summed E-state index contributed by atoms with van der Waals surface area (Å²) in [6.45, 7) is 4.28. The molecule has 2 aromatic carbocycles. The molecule has 1 heterocycles. The van der Waals surface area contributed by atoms with E-state index in [9.17, 15) is 13.2 Å². The molecule has 0 fully saturated rings. The van der Waals surface area contributed by atoms with Crippen LogP contribution in [0.25, 0.3) is 0 Å². The van der Waals surface area contributed by atoms with Crippen LogP contribution in [0.2, 0.25) is 5.02 Å². The van der Waals surface area contributed by atoms with Crippen LogP contribution in [0.4, 0.5) is 18.9 Å². The van der Waals surface area contributed by atoms with Gasteiger partial charge in [-0.15, -0.1) is 0 Å². The van der Waals surface area contributed by atoms with Crippen LogP contribution in [0.1, 0.15) is 60.4 Å². The molecule has 0 saturated heterocycles. The van der Waals surface area contributed by atoms with E-state index in [0.717, 1.165) is 18.1 Å². The third-order valence-corrected chi connectivity index (χ3v) is 6.05. The van der Waals surface area contributed by atoms with Gasteiger partial charge in [0.1, 0.15) is 0 Å². The lowest BCUT2D eigenvalue weighted by Gasteiger charge is -2.39. The molecule has 2 aliphatic rings. The molecule has 27 heavy (non-hydrogen) atoms. The molecule has 1 N–H and O–H groups in total. The maximum atomic E-state index is 13.6. The number of fused-ring (bicyclic) bond motifs is 3. The Hall–Kier alpha value is -1.94. The van der Waals surface area contributed by atoms with Gasteiger partial charge in [0.05, 0.1) is 22.3 Å². The molecule has 142 valence electrons. The second-order valence-electron chi connectivity index (χ2n) is 7.68. The maximum Gasteiger partial charge on any atom is 0.416 e. The highest BCUT2D eigenvalue weighted by Crippen LogP contribution is 2.54. The lowest BCUT2D eigenvalue weighted by molar-refractivity contribution is -0.138. The first-order valence-electron chi connectivity index (χ1n) is 9.20. The van der Waals surface area contributed by atoms with Crippen LogP contribution in [0.5, 0.6) is 0 Å². The standard InChI is InChI=1S/C22H21ClF3N/c1-12(2)13-6-8-14(9-7-13)20-16-5-3-4-15(16)19-17(22(24,25)26)10-11-18(23)21(19)27-20/h3-4,6-12,15-16,20,27H,5H2,1-2H3/t15-,16+,20+/m1/s1. The molecule has 2 aromatic rings. The van der Waals surface area contributed by atoms with Crippen molar-refractivity contribution in [2.45, 2.75) is 44.3 Å². The molecule has 0 unspecified atom stereocenters. The van der Waals surface area contributed by atoms with Gasteiger partial charge in [-0.25, -0.2) is 0 Å². The smallest absolute Gasteiger partial charge is 0.376 e. The van der Waals surface area contributed by atoms with Crippen LogP contribution in [-0.2, 0) is 6.18 Å². The number of nitrogens with one attached hydrogen (secondary N) is 1. The molecular weight excluding hydrogens is 371 g/mol. The number of rotatable bonds is 2. The first-order valence-corrected chi connectivity index (χ1v) is 9.58. The Bertz CT molecular complexity index is 884. The van der Waals surface area contributed by atoms with E-state index in [1.165, 1.54) is 11.6 Å². The fourth-order valence-corrected chi connectivity index (χ4v) is 4.56. The number of alkyl halides is 3. The zero-order valence-corrected chi connectivity index (χ0v) is 15.9. The molecule has 5 heteroatoms. The van der Waals surface area contributed by atoms with Crippen molar-refractivity contribution in [3.63, 3.8) is 0 Å². The van der Waals surface area contributed by atoms with E-state index in [4.69, 9.17) is 11.6 Å². The molecule has 0 saturated carbocycles. The predicted molar refractivity (Wildman–Crippen MR) is 103 cm³/mol. The topological polar surface area (TPSA) is 12.0 Å². The van der Waals surface area contributed by atoms with Gasteiger partial charge in [0.25, 0.3) is 0 Å². The van der Waals surface area contributed by atoms with Gasteiger partial charge in [0, 0.05) is 5.92 Å². The molecule has 0 amide bonds. The Balaban J connectivity index is 1.81. The monoisotopic (exact) mass is 391 g/mol. The Morgan fingerprint density at radius 2 is 1.78 bits per heavy atom. The van der Waals surface area contributed by atoms with E-state index >= 15 is 0 Å². The second kappa shape index (κ2) is 6.59. The van der Waals surface area contributed by atoms with E-state index in [2.05, 4.69) is 43.4 Å². The number of benzene rings is 2. The van der Waals surface area contributed by atoms with Crippen LogP contribution in [0.3, 0.4) is 0 Å². The zero-order chi connectivity index (χ0) is 19.3. The van der Waals surface area contributed by atoms with Gasteiger partial charge in [-0.3, -0.25) is 0 Å². The summed E-state index contributed by atoms with van der Waals surface area (Å²) >= 11 is 6.32. The molecule has 0 radical (unpaired) electrons. The Labute approximate surface area is 162 Å². The number of allylic oxidation sites excluding steroid dienone is 2. The van der Waals surface area contributed by atoms with Crippen molar-refractivity contribution in [3.8, 4) is 0 Å². The summed E-state index contributed by atoms with van der Waals surface area (Å²) in [5.74, 6) is 0.192. The van der Waals surface area contributed by atoms with Crippen LogP contribution < -0.4 is 5.32 Å². The number of hydrogen-bond donors (Lipinski definition) is 1. The quantitative estimate of drug-likeness (QED) is 0.529. The fourth-order valence-electron chi connectivity index (χ4n) is 4.34. The van der Waals surface area contributed by atoms with Gasteiger partial charge in [0.2, 0.25) is 0 Å². The van der Waals surface area contributed by atoms with Gasteiger partial charge in [-0.05, 0) is 47.1 Å². The minimum atomic E-state index is -4.40. The highest BCUT2D eigenvalue weighted by atomic mass is 35.5. The van der Waals surface area contributed by atoms with E-state index in [1.807, 2.05) is 12.2 Å². The second-order valence-corrected chi connectivity index (χ2v) is 8.09. The van der Waals surface area contributed by atoms with E-state index in [1.54, 1.807) is 0 Å². The lowest BCUT2D eigenvalue weighted by Crippen LogP contribution is -2.31. The summed E-state index contributed by atoms with van der Waals surface area (Å²) in [5.41, 5.74) is 2.43. The third kappa shape index (κ3) is 3.14. The molecule has 1 aliphatic carbocycles. The highest BCUT2D eigenvalue weighted by molar-refractivity contribution is 6.33. The summed E-state index contributed by atoms with van der Waals surface area (Å²) in [6, 6.07) is 10.7. The Morgan fingerprint density at radius 3 is 2.41 bits per heavy atom. The van der Waals surface area contributed by atoms with Crippen LogP contribution in [0, 0.1) is 5.92 Å². The summed E-state index contributed by atoms with van der Waals surface area (Å²) < 4.78 is 40.8. The van der Waals surface area contributed by atoms with Crippen molar-refractivity contribution in [3.05, 3.63) is 75.8 Å². The van der Waals surface area contributed by atoms with Gasteiger partial charge in [0.15, 0.2) is 0 Å². The van der Waals surface area contributed by atoms with Crippen molar-refractivity contribution in [2.75, 3.05) is 5.32 Å². The normalized spacial score (nSPS) is 23.9. The number of hydrogen-bond acceptors (Lipinski definition) is 1. The SMILES string of the molecule is CC(C)c1ccc([C@@H]2Nc3c(Cl)ccc(C(F)(F)F)c3[C@@H]3C=CC[C@@H]32)cc1. The van der Waals surface area contributed by atoms with Gasteiger partial charge in [-0.2, -0.15) is 13.2 Å². The lowest BCUT2D eigenvalue weighted by atomic mass is 9.75. The van der Waals surface area contributed by atoms with Gasteiger partial charge in [-0.1, -0.05) is 61.9 Å².